The maximum atomic E-state index is 12.1. The number of ether oxygens (including phenoxy) is 1. The van der Waals surface area contributed by atoms with Crippen molar-refractivity contribution in [2.24, 2.45) is 0 Å². The number of hydrogen-bond acceptors (Lipinski definition) is 4. The molecule has 2 N–H and O–H groups in total. The second-order valence-electron chi connectivity index (χ2n) is 6.49. The van der Waals surface area contributed by atoms with E-state index in [9.17, 15) is 9.59 Å². The van der Waals surface area contributed by atoms with E-state index < -0.39 is 11.6 Å². The first-order valence-electron chi connectivity index (χ1n) is 7.40. The maximum Gasteiger partial charge on any atom is 0.329 e. The van der Waals surface area contributed by atoms with Crippen molar-refractivity contribution in [3.63, 3.8) is 0 Å². The zero-order chi connectivity index (χ0) is 15.6. The van der Waals surface area contributed by atoms with E-state index in [1.165, 1.54) is 0 Å². The van der Waals surface area contributed by atoms with Gasteiger partial charge in [-0.25, -0.2) is 9.59 Å². The molecule has 2 aliphatic rings. The van der Waals surface area contributed by atoms with E-state index in [1.807, 2.05) is 6.92 Å². The van der Waals surface area contributed by atoms with Crippen LogP contribution in [0.3, 0.4) is 0 Å². The topological polar surface area (TPSA) is 82.1 Å². The molecule has 0 aromatic rings. The Hall–Kier alpha value is -1.34. The number of rotatable bonds is 4. The van der Waals surface area contributed by atoms with Crippen LogP contribution in [0.4, 0.5) is 4.79 Å². The van der Waals surface area contributed by atoms with Gasteiger partial charge in [0.05, 0.1) is 13.1 Å². The average Bonchev–Trinajstić information content (AvgIpc) is 2.37. The fraction of sp³-hybridized carbons (Fsp3) is 0.857. The first-order chi connectivity index (χ1) is 9.79. The van der Waals surface area contributed by atoms with Crippen molar-refractivity contribution in [3.05, 3.63) is 0 Å². The van der Waals surface area contributed by atoms with Gasteiger partial charge in [-0.2, -0.15) is 0 Å². The molecule has 2 heterocycles. The fourth-order valence-corrected chi connectivity index (χ4v) is 2.92. The minimum absolute atomic E-state index is 0.0758. The third kappa shape index (κ3) is 4.07. The van der Waals surface area contributed by atoms with Crippen LogP contribution in [0.2, 0.25) is 0 Å². The van der Waals surface area contributed by atoms with Crippen LogP contribution in [0.5, 0.6) is 0 Å². The molecule has 2 atom stereocenters. The molecule has 0 spiro atoms. The molecule has 0 radical (unpaired) electrons. The first-order valence-corrected chi connectivity index (χ1v) is 7.40. The fourth-order valence-electron chi connectivity index (χ4n) is 2.92. The van der Waals surface area contributed by atoms with Crippen LogP contribution in [0.15, 0.2) is 0 Å². The van der Waals surface area contributed by atoms with Gasteiger partial charge in [-0.3, -0.25) is 0 Å². The van der Waals surface area contributed by atoms with Gasteiger partial charge in [0.2, 0.25) is 0 Å². The second kappa shape index (κ2) is 6.19. The largest absolute Gasteiger partial charge is 0.480 e. The van der Waals surface area contributed by atoms with Crippen molar-refractivity contribution in [1.82, 2.24) is 15.1 Å². The van der Waals surface area contributed by atoms with Gasteiger partial charge >= 0.3 is 12.0 Å². The Bertz CT molecular complexity index is 409. The molecular weight excluding hydrogens is 274 g/mol. The molecule has 0 aromatic heterocycles. The van der Waals surface area contributed by atoms with Gasteiger partial charge in [0.1, 0.15) is 12.2 Å². The van der Waals surface area contributed by atoms with Crippen LogP contribution in [0.25, 0.3) is 0 Å². The van der Waals surface area contributed by atoms with Gasteiger partial charge in [-0.15, -0.1) is 0 Å². The molecule has 2 aliphatic heterocycles. The van der Waals surface area contributed by atoms with Crippen molar-refractivity contribution < 1.29 is 19.4 Å². The zero-order valence-electron chi connectivity index (χ0n) is 13.0. The maximum absolute atomic E-state index is 12.1. The normalized spacial score (nSPS) is 28.8. The lowest BCUT2D eigenvalue weighted by Crippen LogP contribution is -2.66. The van der Waals surface area contributed by atoms with Gasteiger partial charge in [-0.05, 0) is 33.7 Å². The predicted octanol–water partition coefficient (Wildman–Crippen LogP) is 0.354. The summed E-state index contributed by atoms with van der Waals surface area (Å²) >= 11 is 0. The van der Waals surface area contributed by atoms with Gasteiger partial charge in [0.25, 0.3) is 0 Å². The number of carboxylic acids is 1. The molecule has 2 amide bonds. The summed E-state index contributed by atoms with van der Waals surface area (Å²) in [6, 6.07) is 0.619. The van der Waals surface area contributed by atoms with Crippen molar-refractivity contribution in [1.29, 1.82) is 0 Å². The van der Waals surface area contributed by atoms with E-state index >= 15 is 0 Å². The number of carbonyl (C=O) groups is 2. The van der Waals surface area contributed by atoms with Crippen LogP contribution < -0.4 is 5.32 Å². The van der Waals surface area contributed by atoms with Crippen LogP contribution in [-0.2, 0) is 9.53 Å². The number of nitrogens with zero attached hydrogens (tertiary/aromatic N) is 2. The molecule has 120 valence electrons. The molecule has 2 unspecified atom stereocenters. The van der Waals surface area contributed by atoms with E-state index in [0.29, 0.717) is 19.1 Å². The summed E-state index contributed by atoms with van der Waals surface area (Å²) in [7, 11) is 2.10. The molecule has 21 heavy (non-hydrogen) atoms. The SMILES string of the molecule is CC1CC(NC(=O)N2CC(C)(OCC(=O)O)C2)CCN1C. The van der Waals surface area contributed by atoms with E-state index in [4.69, 9.17) is 9.84 Å². The van der Waals surface area contributed by atoms with E-state index in [2.05, 4.69) is 24.2 Å². The molecule has 7 heteroatoms. The number of aliphatic carboxylic acids is 1. The highest BCUT2D eigenvalue weighted by molar-refractivity contribution is 5.76. The summed E-state index contributed by atoms with van der Waals surface area (Å²) in [5, 5.41) is 11.7. The predicted molar refractivity (Wildman–Crippen MR) is 77.2 cm³/mol. The lowest BCUT2D eigenvalue weighted by molar-refractivity contribution is -0.159. The highest BCUT2D eigenvalue weighted by atomic mass is 16.5. The number of nitrogens with one attached hydrogen (secondary N) is 1. The monoisotopic (exact) mass is 299 g/mol. The molecule has 2 saturated heterocycles. The summed E-state index contributed by atoms with van der Waals surface area (Å²) in [6.45, 7) is 5.54. The lowest BCUT2D eigenvalue weighted by Gasteiger charge is -2.47. The van der Waals surface area contributed by atoms with E-state index in [0.717, 1.165) is 19.4 Å². The molecular formula is C14H25N3O4. The third-order valence-electron chi connectivity index (χ3n) is 4.42. The molecule has 0 aromatic carbocycles. The van der Waals surface area contributed by atoms with Crippen LogP contribution >= 0.6 is 0 Å². The molecule has 2 rings (SSSR count). The molecule has 0 aliphatic carbocycles. The smallest absolute Gasteiger partial charge is 0.329 e. The highest BCUT2D eigenvalue weighted by Gasteiger charge is 2.43. The van der Waals surface area contributed by atoms with Gasteiger partial charge < -0.3 is 25.0 Å². The number of urea groups is 1. The Balaban J connectivity index is 1.72. The first kappa shape index (κ1) is 16.0. The Morgan fingerprint density at radius 3 is 2.67 bits per heavy atom. The summed E-state index contributed by atoms with van der Waals surface area (Å²) in [4.78, 5) is 26.6. The third-order valence-corrected chi connectivity index (χ3v) is 4.42. The Morgan fingerprint density at radius 1 is 1.43 bits per heavy atom. The summed E-state index contributed by atoms with van der Waals surface area (Å²) < 4.78 is 5.30. The standard InChI is InChI=1S/C14H25N3O4/c1-10-6-11(4-5-16(10)3)15-13(20)17-8-14(2,9-17)21-7-12(18)19/h10-11H,4-9H2,1-3H3,(H,15,20)(H,18,19). The van der Waals surface area contributed by atoms with Gasteiger partial charge in [-0.1, -0.05) is 0 Å². The Morgan fingerprint density at radius 2 is 2.10 bits per heavy atom. The Labute approximate surface area is 125 Å². The number of hydrogen-bond donors (Lipinski definition) is 2. The molecule has 7 nitrogen and oxygen atoms in total. The van der Waals surface area contributed by atoms with Crippen molar-refractivity contribution >= 4 is 12.0 Å². The highest BCUT2D eigenvalue weighted by Crippen LogP contribution is 2.25. The average molecular weight is 299 g/mol. The van der Waals surface area contributed by atoms with Crippen molar-refractivity contribution in [3.8, 4) is 0 Å². The Kier molecular flexibility index (Phi) is 4.73. The number of likely N-dealkylation sites (tertiary alicyclic amines) is 2. The summed E-state index contributed by atoms with van der Waals surface area (Å²) in [6.07, 6.45) is 1.93. The summed E-state index contributed by atoms with van der Waals surface area (Å²) in [5.41, 5.74) is -0.532. The minimum Gasteiger partial charge on any atom is -0.480 e. The lowest BCUT2D eigenvalue weighted by atomic mass is 9.96. The number of amides is 2. The minimum atomic E-state index is -0.987. The number of piperidine rings is 1. The second-order valence-corrected chi connectivity index (χ2v) is 6.49. The molecule has 0 bridgehead atoms. The van der Waals surface area contributed by atoms with Crippen molar-refractivity contribution in [2.45, 2.75) is 44.4 Å². The van der Waals surface area contributed by atoms with Crippen molar-refractivity contribution in [2.75, 3.05) is 33.3 Å². The van der Waals surface area contributed by atoms with E-state index in [-0.39, 0.29) is 18.7 Å². The number of carbonyl (C=O) groups excluding carboxylic acids is 1. The van der Waals surface area contributed by atoms with E-state index in [1.54, 1.807) is 4.90 Å². The number of carboxylic acid groups (broad SMARTS) is 1. The molecule has 0 saturated carbocycles. The summed E-state index contributed by atoms with van der Waals surface area (Å²) in [5.74, 6) is -0.987. The van der Waals surface area contributed by atoms with Gasteiger partial charge in [0.15, 0.2) is 0 Å². The quantitative estimate of drug-likeness (QED) is 0.783. The molecule has 2 fully saturated rings. The van der Waals surface area contributed by atoms with Gasteiger partial charge in [0, 0.05) is 18.6 Å². The van der Waals surface area contributed by atoms with Crippen LogP contribution in [0.1, 0.15) is 26.7 Å². The zero-order valence-corrected chi connectivity index (χ0v) is 13.0. The van der Waals surface area contributed by atoms with Crippen LogP contribution in [-0.4, -0.2) is 77.9 Å². The van der Waals surface area contributed by atoms with Crippen LogP contribution in [0, 0.1) is 0 Å².